The minimum Gasteiger partial charge on any atom is -0.481 e. The lowest BCUT2D eigenvalue weighted by Gasteiger charge is -2.20. The van der Waals surface area contributed by atoms with Gasteiger partial charge < -0.3 is 5.11 Å². The number of hydrogen-bond donors (Lipinski definition) is 1. The van der Waals surface area contributed by atoms with Crippen molar-refractivity contribution in [2.24, 2.45) is 5.92 Å². The molecule has 18 heavy (non-hydrogen) atoms. The fourth-order valence-electron chi connectivity index (χ4n) is 1.47. The highest BCUT2D eigenvalue weighted by Crippen LogP contribution is 2.11. The van der Waals surface area contributed by atoms with Gasteiger partial charge in [-0.2, -0.15) is 0 Å². The van der Waals surface area contributed by atoms with Crippen LogP contribution >= 0.6 is 0 Å². The molecule has 0 aromatic rings. The summed E-state index contributed by atoms with van der Waals surface area (Å²) in [6.07, 6.45) is 6.16. The van der Waals surface area contributed by atoms with Crippen molar-refractivity contribution < 1.29 is 19.5 Å². The maximum Gasteiger partial charge on any atom is 0.308 e. The van der Waals surface area contributed by atoms with Crippen LogP contribution in [0.2, 0.25) is 0 Å². The fourth-order valence-corrected chi connectivity index (χ4v) is 1.47. The molecule has 0 fully saturated rings. The number of rotatable bonds is 12. The van der Waals surface area contributed by atoms with Gasteiger partial charge in [-0.15, -0.1) is 6.58 Å². The first-order valence-electron chi connectivity index (χ1n) is 6.34. The van der Waals surface area contributed by atoms with Gasteiger partial charge >= 0.3 is 5.97 Å². The van der Waals surface area contributed by atoms with Gasteiger partial charge in [0.05, 0.1) is 19.1 Å². The average molecular weight is 257 g/mol. The van der Waals surface area contributed by atoms with Crippen molar-refractivity contribution in [1.29, 1.82) is 0 Å². The van der Waals surface area contributed by atoms with Crippen LogP contribution in [0.3, 0.4) is 0 Å². The summed E-state index contributed by atoms with van der Waals surface area (Å²) in [5.74, 6) is -1.48. The molecular formula is C13H23NO4. The maximum atomic E-state index is 11.1. The number of aliphatic carboxylic acids is 1. The summed E-state index contributed by atoms with van der Waals surface area (Å²) in [6, 6.07) is 0. The van der Waals surface area contributed by atoms with E-state index in [0.29, 0.717) is 19.4 Å². The highest BCUT2D eigenvalue weighted by atomic mass is 16.7. The summed E-state index contributed by atoms with van der Waals surface area (Å²) in [5, 5.41) is 10.2. The second kappa shape index (κ2) is 10.8. The molecule has 0 saturated carbocycles. The van der Waals surface area contributed by atoms with Crippen LogP contribution in [0.15, 0.2) is 12.7 Å². The molecule has 0 aliphatic heterocycles. The molecule has 5 heteroatoms. The Kier molecular flexibility index (Phi) is 9.96. The zero-order valence-electron chi connectivity index (χ0n) is 11.0. The van der Waals surface area contributed by atoms with Gasteiger partial charge in [0, 0.05) is 0 Å². The molecule has 0 rings (SSSR count). The molecule has 0 unspecified atom stereocenters. The standard InChI is InChI=1S/C13H23NO4/c1-3-5-7-8-12(13(16)17)10-14(11-15)18-9-6-4-2/h3,11-12H,1,4-10H2,2H3,(H,16,17)/t12-/m1/s1. The first kappa shape index (κ1) is 16.6. The topological polar surface area (TPSA) is 66.8 Å². The molecule has 1 N–H and O–H groups in total. The van der Waals surface area contributed by atoms with Gasteiger partial charge in [0.1, 0.15) is 0 Å². The molecule has 0 aliphatic rings. The van der Waals surface area contributed by atoms with Crippen molar-refractivity contribution in [2.45, 2.75) is 39.0 Å². The summed E-state index contributed by atoms with van der Waals surface area (Å²) >= 11 is 0. The number of allylic oxidation sites excluding steroid dienone is 1. The molecule has 0 radical (unpaired) electrons. The molecule has 0 spiro atoms. The Morgan fingerprint density at radius 1 is 1.50 bits per heavy atom. The van der Waals surface area contributed by atoms with E-state index in [4.69, 9.17) is 9.94 Å². The van der Waals surface area contributed by atoms with Crippen LogP contribution in [0.5, 0.6) is 0 Å². The van der Waals surface area contributed by atoms with E-state index in [1.807, 2.05) is 6.92 Å². The maximum absolute atomic E-state index is 11.1. The number of carboxylic acid groups (broad SMARTS) is 1. The predicted octanol–water partition coefficient (Wildman–Crippen LogP) is 2.23. The Bertz CT molecular complexity index is 255. The number of hydroxylamine groups is 2. The largest absolute Gasteiger partial charge is 0.481 e. The third-order valence-electron chi connectivity index (χ3n) is 2.58. The Hall–Kier alpha value is -1.36. The average Bonchev–Trinajstić information content (AvgIpc) is 2.35. The van der Waals surface area contributed by atoms with E-state index < -0.39 is 11.9 Å². The van der Waals surface area contributed by atoms with Crippen molar-refractivity contribution in [3.8, 4) is 0 Å². The highest BCUT2D eigenvalue weighted by molar-refractivity contribution is 5.70. The molecule has 0 heterocycles. The molecule has 1 amide bonds. The Labute approximate surface area is 108 Å². The van der Waals surface area contributed by atoms with E-state index in [1.54, 1.807) is 6.08 Å². The number of unbranched alkanes of at least 4 members (excludes halogenated alkanes) is 2. The molecule has 0 aromatic carbocycles. The van der Waals surface area contributed by atoms with E-state index in [-0.39, 0.29) is 6.54 Å². The summed E-state index contributed by atoms with van der Waals surface area (Å²) < 4.78 is 0. The fraction of sp³-hybridized carbons (Fsp3) is 0.692. The number of carbonyl (C=O) groups excluding carboxylic acids is 1. The van der Waals surface area contributed by atoms with Gasteiger partial charge in [-0.1, -0.05) is 19.4 Å². The smallest absolute Gasteiger partial charge is 0.308 e. The van der Waals surface area contributed by atoms with Crippen LogP contribution in [0.1, 0.15) is 39.0 Å². The van der Waals surface area contributed by atoms with Crippen LogP contribution in [-0.2, 0) is 14.4 Å². The second-order valence-corrected chi connectivity index (χ2v) is 4.15. The molecule has 0 aromatic heterocycles. The molecule has 0 bridgehead atoms. The zero-order valence-corrected chi connectivity index (χ0v) is 11.0. The van der Waals surface area contributed by atoms with Crippen molar-refractivity contribution in [3.05, 3.63) is 12.7 Å². The van der Waals surface area contributed by atoms with Crippen molar-refractivity contribution in [3.63, 3.8) is 0 Å². The van der Waals surface area contributed by atoms with E-state index in [0.717, 1.165) is 30.7 Å². The zero-order chi connectivity index (χ0) is 13.8. The third-order valence-corrected chi connectivity index (χ3v) is 2.58. The molecule has 104 valence electrons. The third kappa shape index (κ3) is 7.84. The molecule has 0 saturated heterocycles. The van der Waals surface area contributed by atoms with Gasteiger partial charge in [-0.3, -0.25) is 14.4 Å². The Balaban J connectivity index is 4.12. The summed E-state index contributed by atoms with van der Waals surface area (Å²) in [6.45, 7) is 6.14. The van der Waals surface area contributed by atoms with Crippen LogP contribution in [0, 0.1) is 5.92 Å². The Morgan fingerprint density at radius 2 is 2.22 bits per heavy atom. The van der Waals surface area contributed by atoms with E-state index in [9.17, 15) is 9.59 Å². The summed E-state index contributed by atoms with van der Waals surface area (Å²) in [5.41, 5.74) is 0. The van der Waals surface area contributed by atoms with Crippen molar-refractivity contribution in [1.82, 2.24) is 5.06 Å². The normalized spacial score (nSPS) is 11.8. The van der Waals surface area contributed by atoms with E-state index in [1.165, 1.54) is 0 Å². The van der Waals surface area contributed by atoms with Gasteiger partial charge in [0.25, 0.3) is 0 Å². The SMILES string of the molecule is C=CCCC[C@H](CN(C=O)OCCCC)C(=O)O. The first-order chi connectivity index (χ1) is 8.65. The van der Waals surface area contributed by atoms with Crippen LogP contribution in [-0.4, -0.2) is 35.7 Å². The number of nitrogens with zero attached hydrogens (tertiary/aromatic N) is 1. The van der Waals surface area contributed by atoms with E-state index in [2.05, 4.69) is 6.58 Å². The molecule has 0 aliphatic carbocycles. The van der Waals surface area contributed by atoms with Crippen LogP contribution in [0.4, 0.5) is 0 Å². The molecule has 5 nitrogen and oxygen atoms in total. The second-order valence-electron chi connectivity index (χ2n) is 4.15. The molecule has 1 atom stereocenters. The van der Waals surface area contributed by atoms with Crippen molar-refractivity contribution >= 4 is 12.4 Å². The van der Waals surface area contributed by atoms with Crippen LogP contribution < -0.4 is 0 Å². The van der Waals surface area contributed by atoms with E-state index >= 15 is 0 Å². The minimum absolute atomic E-state index is 0.0969. The van der Waals surface area contributed by atoms with Gasteiger partial charge in [-0.25, -0.2) is 5.06 Å². The summed E-state index contributed by atoms with van der Waals surface area (Å²) in [4.78, 5) is 27.0. The summed E-state index contributed by atoms with van der Waals surface area (Å²) in [7, 11) is 0. The molecular weight excluding hydrogens is 234 g/mol. The Morgan fingerprint density at radius 3 is 2.72 bits per heavy atom. The van der Waals surface area contributed by atoms with Gasteiger partial charge in [-0.05, 0) is 25.7 Å². The number of hydrogen-bond acceptors (Lipinski definition) is 3. The lowest BCUT2D eigenvalue weighted by atomic mass is 10.0. The minimum atomic E-state index is -0.898. The first-order valence-corrected chi connectivity index (χ1v) is 6.34. The monoisotopic (exact) mass is 257 g/mol. The van der Waals surface area contributed by atoms with Crippen molar-refractivity contribution in [2.75, 3.05) is 13.2 Å². The quantitative estimate of drug-likeness (QED) is 0.252. The number of amides is 1. The number of carboxylic acids is 1. The highest BCUT2D eigenvalue weighted by Gasteiger charge is 2.20. The van der Waals surface area contributed by atoms with Crippen LogP contribution in [0.25, 0.3) is 0 Å². The van der Waals surface area contributed by atoms with Gasteiger partial charge in [0.15, 0.2) is 0 Å². The van der Waals surface area contributed by atoms with Gasteiger partial charge in [0.2, 0.25) is 6.41 Å². The number of carbonyl (C=O) groups is 2. The lowest BCUT2D eigenvalue weighted by Crippen LogP contribution is -2.32. The lowest BCUT2D eigenvalue weighted by molar-refractivity contribution is -0.179. The predicted molar refractivity (Wildman–Crippen MR) is 68.8 cm³/mol.